The Kier molecular flexibility index (Phi) is 13.5. The lowest BCUT2D eigenvalue weighted by atomic mass is 9.98. The van der Waals surface area contributed by atoms with Crippen LogP contribution in [0.5, 0.6) is 5.75 Å². The van der Waals surface area contributed by atoms with Crippen molar-refractivity contribution in [1.29, 1.82) is 0 Å². The molecule has 0 bridgehead atoms. The van der Waals surface area contributed by atoms with Crippen LogP contribution in [0.2, 0.25) is 0 Å². The van der Waals surface area contributed by atoms with Gasteiger partial charge in [-0.3, -0.25) is 19.2 Å². The normalized spacial score (nSPS) is 20.8. The summed E-state index contributed by atoms with van der Waals surface area (Å²) in [7, 11) is 1.19. The monoisotopic (exact) mass is 659 g/mol. The van der Waals surface area contributed by atoms with E-state index in [1.165, 1.54) is 26.2 Å². The molecule has 3 rings (SSSR count). The smallest absolute Gasteiger partial charge is 0.408 e. The van der Waals surface area contributed by atoms with Gasteiger partial charge in [0.15, 0.2) is 12.2 Å². The number of rotatable bonds is 13. The fourth-order valence-electron chi connectivity index (χ4n) is 4.60. The highest BCUT2D eigenvalue weighted by molar-refractivity contribution is 5.81. The highest BCUT2D eigenvalue weighted by atomic mass is 16.7. The van der Waals surface area contributed by atoms with E-state index in [1.807, 2.05) is 6.07 Å². The molecule has 1 N–H and O–H groups in total. The van der Waals surface area contributed by atoms with Crippen molar-refractivity contribution >= 4 is 35.9 Å². The molecular formula is C32H37NO14. The van der Waals surface area contributed by atoms with E-state index in [4.69, 9.17) is 37.9 Å². The minimum atomic E-state index is -1.43. The maximum Gasteiger partial charge on any atom is 0.408 e. The first kappa shape index (κ1) is 36.3. The maximum absolute atomic E-state index is 12.4. The van der Waals surface area contributed by atoms with Crippen LogP contribution in [0.1, 0.15) is 38.8 Å². The summed E-state index contributed by atoms with van der Waals surface area (Å²) in [4.78, 5) is 72.4. The lowest BCUT2D eigenvalue weighted by Crippen LogP contribution is -2.63. The topological polar surface area (TPSA) is 188 Å². The molecule has 2 aromatic carbocycles. The quantitative estimate of drug-likeness (QED) is 0.243. The van der Waals surface area contributed by atoms with E-state index in [2.05, 4.69) is 5.32 Å². The molecule has 0 unspecified atom stereocenters. The molecule has 1 saturated heterocycles. The van der Waals surface area contributed by atoms with Crippen molar-refractivity contribution in [2.45, 2.75) is 77.5 Å². The van der Waals surface area contributed by atoms with E-state index in [9.17, 15) is 28.8 Å². The molecule has 0 aromatic heterocycles. The van der Waals surface area contributed by atoms with Crippen molar-refractivity contribution in [2.24, 2.45) is 0 Å². The van der Waals surface area contributed by atoms with E-state index in [0.717, 1.165) is 26.3 Å². The van der Waals surface area contributed by atoms with Crippen LogP contribution in [0.15, 0.2) is 54.6 Å². The maximum atomic E-state index is 12.4. The SMILES string of the molecule is COC(=O)[C@H](Cc1ccc(O[C@@H]2O[C@H](COC(C)=O)[C@@H](OC(C)=O)[C@H](OC(C)=O)[C@H]2OC(C)=O)cc1)NC(=O)OCc1ccccc1. The molecule has 47 heavy (non-hydrogen) atoms. The second-order valence-corrected chi connectivity index (χ2v) is 10.3. The zero-order valence-corrected chi connectivity index (χ0v) is 26.5. The molecular weight excluding hydrogens is 622 g/mol. The first-order valence-corrected chi connectivity index (χ1v) is 14.5. The van der Waals surface area contributed by atoms with E-state index < -0.39 is 79.3 Å². The predicted octanol–water partition coefficient (Wildman–Crippen LogP) is 2.16. The Morgan fingerprint density at radius 1 is 0.723 bits per heavy atom. The molecule has 254 valence electrons. The van der Waals surface area contributed by atoms with Crippen molar-refractivity contribution in [3.8, 4) is 5.75 Å². The van der Waals surface area contributed by atoms with Gasteiger partial charge in [-0.05, 0) is 23.3 Å². The van der Waals surface area contributed by atoms with Gasteiger partial charge in [0.05, 0.1) is 7.11 Å². The Hall–Kier alpha value is -5.18. The summed E-state index contributed by atoms with van der Waals surface area (Å²) in [6, 6.07) is 14.2. The summed E-state index contributed by atoms with van der Waals surface area (Å²) in [5.41, 5.74) is 1.36. The van der Waals surface area contributed by atoms with Gasteiger partial charge in [0.2, 0.25) is 12.4 Å². The number of methoxy groups -OCH3 is 1. The number of carbonyl (C=O) groups is 6. The molecule has 15 heteroatoms. The van der Waals surface area contributed by atoms with E-state index in [0.29, 0.717) is 5.56 Å². The zero-order valence-electron chi connectivity index (χ0n) is 26.5. The minimum Gasteiger partial charge on any atom is -0.467 e. The van der Waals surface area contributed by atoms with Crippen molar-refractivity contribution in [3.05, 3.63) is 65.7 Å². The largest absolute Gasteiger partial charge is 0.467 e. The summed E-state index contributed by atoms with van der Waals surface area (Å²) in [5.74, 6) is -3.47. The first-order valence-electron chi connectivity index (χ1n) is 14.5. The Balaban J connectivity index is 1.78. The highest BCUT2D eigenvalue weighted by Gasteiger charge is 2.53. The van der Waals surface area contributed by atoms with Gasteiger partial charge in [0, 0.05) is 34.1 Å². The Morgan fingerprint density at radius 2 is 1.32 bits per heavy atom. The molecule has 15 nitrogen and oxygen atoms in total. The van der Waals surface area contributed by atoms with Gasteiger partial charge in [-0.2, -0.15) is 0 Å². The van der Waals surface area contributed by atoms with Gasteiger partial charge in [-0.1, -0.05) is 42.5 Å². The van der Waals surface area contributed by atoms with E-state index in [1.54, 1.807) is 36.4 Å². The van der Waals surface area contributed by atoms with Gasteiger partial charge < -0.3 is 43.2 Å². The van der Waals surface area contributed by atoms with Crippen LogP contribution in [-0.4, -0.2) is 86.4 Å². The molecule has 1 aliphatic rings. The number of hydrogen-bond acceptors (Lipinski definition) is 14. The lowest BCUT2D eigenvalue weighted by Gasteiger charge is -2.43. The number of ether oxygens (including phenoxy) is 8. The summed E-state index contributed by atoms with van der Waals surface area (Å²) in [6.45, 7) is 4.11. The molecule has 1 fully saturated rings. The number of amides is 1. The first-order chi connectivity index (χ1) is 22.4. The number of carbonyl (C=O) groups excluding carboxylic acids is 6. The number of benzene rings is 2. The predicted molar refractivity (Wildman–Crippen MR) is 158 cm³/mol. The Labute approximate surface area is 270 Å². The minimum absolute atomic E-state index is 0.00580. The summed E-state index contributed by atoms with van der Waals surface area (Å²) in [5, 5.41) is 2.50. The third-order valence-electron chi connectivity index (χ3n) is 6.55. The number of esters is 5. The molecule has 2 aromatic rings. The summed E-state index contributed by atoms with van der Waals surface area (Å²) >= 11 is 0. The van der Waals surface area contributed by atoms with Crippen LogP contribution < -0.4 is 10.1 Å². The van der Waals surface area contributed by atoms with Crippen LogP contribution in [0.3, 0.4) is 0 Å². The molecule has 0 aliphatic carbocycles. The Morgan fingerprint density at radius 3 is 1.89 bits per heavy atom. The molecule has 0 spiro atoms. The molecule has 6 atom stereocenters. The molecule has 1 heterocycles. The van der Waals surface area contributed by atoms with Crippen molar-refractivity contribution in [3.63, 3.8) is 0 Å². The van der Waals surface area contributed by atoms with Crippen molar-refractivity contribution in [2.75, 3.05) is 13.7 Å². The Bertz CT molecular complexity index is 1400. The molecule has 0 radical (unpaired) electrons. The van der Waals surface area contributed by atoms with Crippen LogP contribution in [0, 0.1) is 0 Å². The second-order valence-electron chi connectivity index (χ2n) is 10.3. The van der Waals surface area contributed by atoms with Crippen molar-refractivity contribution in [1.82, 2.24) is 5.32 Å². The van der Waals surface area contributed by atoms with Crippen LogP contribution in [0.4, 0.5) is 4.79 Å². The molecule has 0 saturated carbocycles. The number of alkyl carbamates (subject to hydrolysis) is 1. The molecule has 1 aliphatic heterocycles. The van der Waals surface area contributed by atoms with Crippen LogP contribution >= 0.6 is 0 Å². The third kappa shape index (κ3) is 11.6. The van der Waals surface area contributed by atoms with Gasteiger partial charge in [-0.15, -0.1) is 0 Å². The van der Waals surface area contributed by atoms with E-state index >= 15 is 0 Å². The summed E-state index contributed by atoms with van der Waals surface area (Å²) < 4.78 is 43.2. The van der Waals surface area contributed by atoms with E-state index in [-0.39, 0.29) is 18.8 Å². The van der Waals surface area contributed by atoms with Crippen molar-refractivity contribution < 1.29 is 66.7 Å². The van der Waals surface area contributed by atoms with Crippen LogP contribution in [-0.2, 0) is 70.2 Å². The average Bonchev–Trinajstić information content (AvgIpc) is 3.02. The van der Waals surface area contributed by atoms with Gasteiger partial charge in [0.1, 0.15) is 31.1 Å². The van der Waals surface area contributed by atoms with Gasteiger partial charge in [-0.25, -0.2) is 9.59 Å². The molecule has 1 amide bonds. The number of hydrogen-bond donors (Lipinski definition) is 1. The highest BCUT2D eigenvalue weighted by Crippen LogP contribution is 2.31. The zero-order chi connectivity index (χ0) is 34.5. The van der Waals surface area contributed by atoms with Gasteiger partial charge in [0.25, 0.3) is 0 Å². The van der Waals surface area contributed by atoms with Gasteiger partial charge >= 0.3 is 35.9 Å². The average molecular weight is 660 g/mol. The fourth-order valence-corrected chi connectivity index (χ4v) is 4.60. The second kappa shape index (κ2) is 17.5. The third-order valence-corrected chi connectivity index (χ3v) is 6.55. The standard InChI is InChI=1S/C32H37NO14/c1-18(34)41-17-26-27(43-19(2)35)28(44-20(3)36)29(45-21(4)37)31(47-26)46-24-13-11-22(12-14-24)15-25(30(38)40-5)33-32(39)42-16-23-9-7-6-8-10-23/h6-14,25-29,31H,15-17H2,1-5H3,(H,33,39)/t25-,26+,27+,28-,29+,31+/m0/s1. The lowest BCUT2D eigenvalue weighted by molar-refractivity contribution is -0.288. The number of nitrogens with one attached hydrogen (secondary N) is 1. The fraction of sp³-hybridized carbons (Fsp3) is 0.438. The summed E-state index contributed by atoms with van der Waals surface area (Å²) in [6.07, 6.45) is -7.53. The van der Waals surface area contributed by atoms with Crippen LogP contribution in [0.25, 0.3) is 0 Å².